The van der Waals surface area contributed by atoms with E-state index < -0.39 is 16.8 Å². The molecule has 7 nitrogen and oxygen atoms in total. The number of carboxylic acids is 1. The number of halogens is 1. The normalized spacial score (nSPS) is 10.9. The van der Waals surface area contributed by atoms with E-state index in [0.29, 0.717) is 23.4 Å². The minimum atomic E-state index is -0.885. The maximum absolute atomic E-state index is 12.9. The van der Waals surface area contributed by atoms with E-state index in [1.165, 1.54) is 28.8 Å². The molecule has 0 saturated heterocycles. The summed E-state index contributed by atoms with van der Waals surface area (Å²) in [5, 5.41) is 21.0. The number of carboxylic acid groups (broad SMARTS) is 1. The van der Waals surface area contributed by atoms with E-state index in [0.717, 1.165) is 10.9 Å². The zero-order valence-corrected chi connectivity index (χ0v) is 14.8. The number of aromatic nitrogens is 1. The van der Waals surface area contributed by atoms with E-state index in [1.54, 1.807) is 24.4 Å². The number of nitrogens with zero attached hydrogens (tertiary/aromatic N) is 2. The Balaban J connectivity index is 2.03. The maximum Gasteiger partial charge on any atom is 0.303 e. The van der Waals surface area contributed by atoms with Crippen LogP contribution in [0.2, 0.25) is 5.02 Å². The molecule has 0 saturated carbocycles. The van der Waals surface area contributed by atoms with Crippen LogP contribution in [-0.2, 0) is 11.2 Å². The number of nitro benzene ring substituents is 1. The van der Waals surface area contributed by atoms with Gasteiger partial charge in [0.05, 0.1) is 10.4 Å². The van der Waals surface area contributed by atoms with Gasteiger partial charge in [0.2, 0.25) is 0 Å². The first-order chi connectivity index (χ1) is 12.9. The zero-order valence-electron chi connectivity index (χ0n) is 14.1. The number of hydrogen-bond acceptors (Lipinski definition) is 4. The second-order valence-corrected chi connectivity index (χ2v) is 6.48. The predicted octanol–water partition coefficient (Wildman–Crippen LogP) is 4.30. The summed E-state index contributed by atoms with van der Waals surface area (Å²) in [6.07, 6.45) is 2.56. The van der Waals surface area contributed by atoms with Crippen molar-refractivity contribution in [3.63, 3.8) is 0 Å². The van der Waals surface area contributed by atoms with Crippen LogP contribution in [0.1, 0.15) is 28.8 Å². The van der Waals surface area contributed by atoms with Gasteiger partial charge < -0.3 is 5.11 Å². The first kappa shape index (κ1) is 18.6. The molecule has 138 valence electrons. The second-order valence-electron chi connectivity index (χ2n) is 6.05. The maximum atomic E-state index is 12.9. The van der Waals surface area contributed by atoms with Crippen molar-refractivity contribution in [3.05, 3.63) is 74.9 Å². The molecule has 3 rings (SSSR count). The second kappa shape index (κ2) is 7.59. The number of fused-ring (bicyclic) bond motifs is 1. The van der Waals surface area contributed by atoms with Gasteiger partial charge in [0.15, 0.2) is 0 Å². The van der Waals surface area contributed by atoms with Gasteiger partial charge >= 0.3 is 5.97 Å². The van der Waals surface area contributed by atoms with Crippen molar-refractivity contribution in [1.82, 2.24) is 4.57 Å². The molecular weight excluding hydrogens is 372 g/mol. The molecule has 0 radical (unpaired) electrons. The third kappa shape index (κ3) is 3.98. The molecule has 0 unspecified atom stereocenters. The fourth-order valence-electron chi connectivity index (χ4n) is 2.96. The van der Waals surface area contributed by atoms with Crippen molar-refractivity contribution in [2.24, 2.45) is 0 Å². The molecule has 0 aliphatic carbocycles. The summed E-state index contributed by atoms with van der Waals surface area (Å²) >= 11 is 6.07. The SMILES string of the molecule is O=C(O)CCCc1cn(C(=O)c2cccc([N+](=O)[O-])c2)c2ccc(Cl)cc12. The highest BCUT2D eigenvalue weighted by Crippen LogP contribution is 2.27. The highest BCUT2D eigenvalue weighted by Gasteiger charge is 2.18. The zero-order chi connectivity index (χ0) is 19.6. The summed E-state index contributed by atoms with van der Waals surface area (Å²) in [5.41, 5.74) is 1.43. The van der Waals surface area contributed by atoms with Crippen molar-refractivity contribution in [3.8, 4) is 0 Å². The molecule has 0 spiro atoms. The van der Waals surface area contributed by atoms with E-state index in [1.807, 2.05) is 0 Å². The van der Waals surface area contributed by atoms with Crippen LogP contribution >= 0.6 is 11.6 Å². The Morgan fingerprint density at radius 2 is 1.96 bits per heavy atom. The summed E-state index contributed by atoms with van der Waals surface area (Å²) in [5.74, 6) is -1.29. The molecular formula is C19H15ClN2O5. The van der Waals surface area contributed by atoms with Crippen molar-refractivity contribution >= 4 is 40.1 Å². The van der Waals surface area contributed by atoms with E-state index in [-0.39, 0.29) is 17.7 Å². The van der Waals surface area contributed by atoms with Crippen LogP contribution in [0.3, 0.4) is 0 Å². The topological polar surface area (TPSA) is 102 Å². The number of non-ortho nitro benzene ring substituents is 1. The molecule has 0 fully saturated rings. The number of aryl methyl sites for hydroxylation is 1. The number of aliphatic carboxylic acids is 1. The van der Waals surface area contributed by atoms with Gasteiger partial charge in [-0.2, -0.15) is 0 Å². The fraction of sp³-hybridized carbons (Fsp3) is 0.158. The lowest BCUT2D eigenvalue weighted by Crippen LogP contribution is -2.11. The standard InChI is InChI=1S/C19H15ClN2O5/c20-14-7-8-17-16(10-14)13(4-2-6-18(23)24)11-21(17)19(25)12-3-1-5-15(9-12)22(26)27/h1,3,5,7-11H,2,4,6H2,(H,23,24). The highest BCUT2D eigenvalue weighted by atomic mass is 35.5. The molecule has 3 aromatic rings. The number of rotatable bonds is 6. The molecule has 0 amide bonds. The number of carbonyl (C=O) groups excluding carboxylic acids is 1. The van der Waals surface area contributed by atoms with Gasteiger partial charge in [-0.05, 0) is 42.7 Å². The van der Waals surface area contributed by atoms with E-state index in [9.17, 15) is 19.7 Å². The van der Waals surface area contributed by atoms with Gasteiger partial charge in [-0.15, -0.1) is 0 Å². The summed E-state index contributed by atoms with van der Waals surface area (Å²) in [4.78, 5) is 34.1. The van der Waals surface area contributed by atoms with Gasteiger partial charge in [0.1, 0.15) is 0 Å². The molecule has 27 heavy (non-hydrogen) atoms. The number of carbonyl (C=O) groups is 2. The Labute approximate surface area is 158 Å². The van der Waals surface area contributed by atoms with Crippen LogP contribution in [0.25, 0.3) is 10.9 Å². The van der Waals surface area contributed by atoms with E-state index in [2.05, 4.69) is 0 Å². The first-order valence-electron chi connectivity index (χ1n) is 8.17. The summed E-state index contributed by atoms with van der Waals surface area (Å²) in [7, 11) is 0. The van der Waals surface area contributed by atoms with Gasteiger partial charge in [0, 0.05) is 40.7 Å². The summed E-state index contributed by atoms with van der Waals surface area (Å²) in [6.45, 7) is 0. The molecule has 8 heteroatoms. The largest absolute Gasteiger partial charge is 0.481 e. The van der Waals surface area contributed by atoms with Crippen LogP contribution in [0.15, 0.2) is 48.7 Å². The fourth-order valence-corrected chi connectivity index (χ4v) is 3.13. The van der Waals surface area contributed by atoms with Crippen LogP contribution in [0.4, 0.5) is 5.69 Å². The average molecular weight is 387 g/mol. The van der Waals surface area contributed by atoms with E-state index in [4.69, 9.17) is 16.7 Å². The van der Waals surface area contributed by atoms with Crippen LogP contribution in [-0.4, -0.2) is 26.5 Å². The quantitative estimate of drug-likeness (QED) is 0.502. The van der Waals surface area contributed by atoms with Crippen LogP contribution in [0.5, 0.6) is 0 Å². The first-order valence-corrected chi connectivity index (χ1v) is 8.55. The van der Waals surface area contributed by atoms with Crippen LogP contribution < -0.4 is 0 Å². The smallest absolute Gasteiger partial charge is 0.303 e. The van der Waals surface area contributed by atoms with Crippen molar-refractivity contribution in [2.75, 3.05) is 0 Å². The average Bonchev–Trinajstić information content (AvgIpc) is 2.98. The van der Waals surface area contributed by atoms with Crippen molar-refractivity contribution in [2.45, 2.75) is 19.3 Å². The van der Waals surface area contributed by atoms with Gasteiger partial charge in [-0.3, -0.25) is 24.3 Å². The molecule has 0 bridgehead atoms. The Hall–Kier alpha value is -3.19. The molecule has 1 N–H and O–H groups in total. The number of nitro groups is 1. The lowest BCUT2D eigenvalue weighted by atomic mass is 10.1. The molecule has 2 aromatic carbocycles. The van der Waals surface area contributed by atoms with Crippen molar-refractivity contribution < 1.29 is 19.6 Å². The number of benzene rings is 2. The molecule has 0 aliphatic heterocycles. The molecule has 1 aromatic heterocycles. The Bertz CT molecular complexity index is 1060. The molecule has 1 heterocycles. The summed E-state index contributed by atoms with van der Waals surface area (Å²) < 4.78 is 1.42. The van der Waals surface area contributed by atoms with E-state index >= 15 is 0 Å². The number of hydrogen-bond donors (Lipinski definition) is 1. The highest BCUT2D eigenvalue weighted by molar-refractivity contribution is 6.31. The van der Waals surface area contributed by atoms with Crippen LogP contribution in [0, 0.1) is 10.1 Å². The Morgan fingerprint density at radius 1 is 1.19 bits per heavy atom. The lowest BCUT2D eigenvalue weighted by Gasteiger charge is -2.04. The molecule has 0 atom stereocenters. The molecule has 0 aliphatic rings. The summed E-state index contributed by atoms with van der Waals surface area (Å²) in [6, 6.07) is 10.6. The van der Waals surface area contributed by atoms with Gasteiger partial charge in [-0.25, -0.2) is 0 Å². The third-order valence-corrected chi connectivity index (χ3v) is 4.44. The Morgan fingerprint density at radius 3 is 2.67 bits per heavy atom. The lowest BCUT2D eigenvalue weighted by molar-refractivity contribution is -0.384. The Kier molecular flexibility index (Phi) is 5.23. The van der Waals surface area contributed by atoms with Gasteiger partial charge in [0.25, 0.3) is 11.6 Å². The minimum Gasteiger partial charge on any atom is -0.481 e. The monoisotopic (exact) mass is 386 g/mol. The predicted molar refractivity (Wildman–Crippen MR) is 100 cm³/mol. The minimum absolute atomic E-state index is 0.0199. The third-order valence-electron chi connectivity index (χ3n) is 4.21. The van der Waals surface area contributed by atoms with Crippen molar-refractivity contribution in [1.29, 1.82) is 0 Å². The van der Waals surface area contributed by atoms with Gasteiger partial charge in [-0.1, -0.05) is 17.7 Å².